The normalized spacial score (nSPS) is 11.9. The van der Waals surface area contributed by atoms with Gasteiger partial charge >= 0.3 is 31.1 Å². The molecule has 3 aromatic heterocycles. The molecule has 0 saturated heterocycles. The Bertz CT molecular complexity index is 1080. The van der Waals surface area contributed by atoms with E-state index in [-0.39, 0.29) is 38.5 Å². The summed E-state index contributed by atoms with van der Waals surface area (Å²) in [6.45, 7) is 8.00. The van der Waals surface area contributed by atoms with Crippen LogP contribution >= 0.6 is 11.6 Å². The summed E-state index contributed by atoms with van der Waals surface area (Å²) in [6, 6.07) is 11.2. The fraction of sp³-hybridized carbons (Fsp3) is 0.333. The van der Waals surface area contributed by atoms with Crippen molar-refractivity contribution in [2.75, 3.05) is 0 Å². The molecular formula is C24H30ClN5U. The third-order valence-electron chi connectivity index (χ3n) is 4.65. The van der Waals surface area contributed by atoms with Crippen LogP contribution in [0.25, 0.3) is 28.3 Å². The molecule has 1 saturated carbocycles. The summed E-state index contributed by atoms with van der Waals surface area (Å²) in [5.41, 5.74) is 4.44. The number of nitrogens with zero attached hydrogens (tertiary/aromatic N) is 5. The SMILES string of the molecule is CC.CC.Cn1ccnc1-c1nc(Cl)c2c(C3CC3)c(-c3c[c-]ccc3)cn2n1.[CH3-].[U+2]. The third-order valence-corrected chi connectivity index (χ3v) is 4.92. The van der Waals surface area contributed by atoms with Gasteiger partial charge in [-0.05, 0) is 29.9 Å². The predicted molar refractivity (Wildman–Crippen MR) is 126 cm³/mol. The van der Waals surface area contributed by atoms with Crippen LogP contribution in [0, 0.1) is 44.6 Å². The molecule has 5 nitrogen and oxygen atoms in total. The van der Waals surface area contributed by atoms with Crippen LogP contribution in [0.1, 0.15) is 52.0 Å². The Kier molecular flexibility index (Phi) is 11.0. The summed E-state index contributed by atoms with van der Waals surface area (Å²) in [6.07, 6.45) is 8.01. The van der Waals surface area contributed by atoms with E-state index in [1.165, 1.54) is 18.4 Å². The number of hydrogen-bond acceptors (Lipinski definition) is 3. The van der Waals surface area contributed by atoms with Crippen molar-refractivity contribution in [3.8, 4) is 22.8 Å². The molecule has 162 valence electrons. The zero-order valence-electron chi connectivity index (χ0n) is 19.1. The standard InChI is InChI=1S/C19H15ClN5.2C2H6.CH3.U/c1-24-10-9-21-19(24)18-22-17(20)16-15(13-7-8-13)14(11-25(16)23-18)12-5-3-2-4-6-12;2*1-2;;/h2-3,5-6,9-11,13H,7-8H2,1H3;2*1-2H3;1H3;/q-1;;;-1;+2. The summed E-state index contributed by atoms with van der Waals surface area (Å²) in [5.74, 6) is 1.74. The number of imidazole rings is 1. The zero-order valence-corrected chi connectivity index (χ0v) is 24.1. The van der Waals surface area contributed by atoms with E-state index in [0.717, 1.165) is 16.6 Å². The van der Waals surface area contributed by atoms with E-state index >= 15 is 0 Å². The van der Waals surface area contributed by atoms with Crippen molar-refractivity contribution in [3.63, 3.8) is 0 Å². The Balaban J connectivity index is 0.000000760. The van der Waals surface area contributed by atoms with E-state index in [4.69, 9.17) is 11.6 Å². The number of fused-ring (bicyclic) bond motifs is 1. The minimum atomic E-state index is 0. The molecular weight excluding hydrogens is 632 g/mol. The van der Waals surface area contributed by atoms with E-state index in [1.54, 1.807) is 6.20 Å². The summed E-state index contributed by atoms with van der Waals surface area (Å²) in [5, 5.41) is 5.16. The molecule has 0 radical (unpaired) electrons. The van der Waals surface area contributed by atoms with Gasteiger partial charge in [-0.15, -0.1) is 10.7 Å². The monoisotopic (exact) mass is 661 g/mol. The average molecular weight is 662 g/mol. The van der Waals surface area contributed by atoms with Crippen LogP contribution < -0.4 is 0 Å². The maximum atomic E-state index is 6.59. The molecule has 7 heteroatoms. The molecule has 0 aliphatic heterocycles. The van der Waals surface area contributed by atoms with Gasteiger partial charge in [-0.3, -0.25) is 0 Å². The van der Waals surface area contributed by atoms with Gasteiger partial charge in [0.1, 0.15) is 5.52 Å². The Morgan fingerprint density at radius 3 is 2.42 bits per heavy atom. The van der Waals surface area contributed by atoms with E-state index < -0.39 is 0 Å². The molecule has 4 aromatic rings. The first-order valence-electron chi connectivity index (χ1n) is 10.3. The topological polar surface area (TPSA) is 48.0 Å². The van der Waals surface area contributed by atoms with Gasteiger partial charge in [-0.2, -0.15) is 30.3 Å². The maximum absolute atomic E-state index is 6.59. The Labute approximate surface area is 214 Å². The molecule has 0 unspecified atom stereocenters. The van der Waals surface area contributed by atoms with Crippen LogP contribution in [0.5, 0.6) is 0 Å². The fourth-order valence-electron chi connectivity index (χ4n) is 3.31. The van der Waals surface area contributed by atoms with Gasteiger partial charge in [-0.1, -0.05) is 39.3 Å². The first kappa shape index (κ1) is 27.4. The van der Waals surface area contributed by atoms with Crippen molar-refractivity contribution in [2.24, 2.45) is 7.05 Å². The Morgan fingerprint density at radius 1 is 1.16 bits per heavy atom. The molecule has 5 rings (SSSR count). The van der Waals surface area contributed by atoms with E-state index in [2.05, 4.69) is 27.2 Å². The first-order valence-corrected chi connectivity index (χ1v) is 10.6. The van der Waals surface area contributed by atoms with Crippen molar-refractivity contribution in [1.82, 2.24) is 24.1 Å². The van der Waals surface area contributed by atoms with Gasteiger partial charge in [0.15, 0.2) is 11.0 Å². The van der Waals surface area contributed by atoms with Crippen molar-refractivity contribution < 1.29 is 31.1 Å². The van der Waals surface area contributed by atoms with E-state index in [9.17, 15) is 0 Å². The molecule has 0 spiro atoms. The Morgan fingerprint density at radius 2 is 1.87 bits per heavy atom. The van der Waals surface area contributed by atoms with Gasteiger partial charge in [-0.25, -0.2) is 14.5 Å². The predicted octanol–water partition coefficient (Wildman–Crippen LogP) is 6.63. The average Bonchev–Trinajstić information content (AvgIpc) is 3.40. The van der Waals surface area contributed by atoms with E-state index in [0.29, 0.717) is 22.7 Å². The van der Waals surface area contributed by atoms with Crippen LogP contribution in [0.2, 0.25) is 5.15 Å². The molecule has 1 aliphatic carbocycles. The van der Waals surface area contributed by atoms with Crippen LogP contribution in [0.15, 0.2) is 42.9 Å². The van der Waals surface area contributed by atoms with E-state index in [1.807, 2.05) is 74.4 Å². The first-order chi connectivity index (χ1) is 14.2. The molecule has 0 atom stereocenters. The molecule has 1 aromatic carbocycles. The third kappa shape index (κ3) is 5.61. The number of halogens is 1. The molecule has 0 amide bonds. The molecule has 1 aliphatic rings. The minimum Gasteiger partial charge on any atom is -0.358 e. The van der Waals surface area contributed by atoms with Gasteiger partial charge in [0.25, 0.3) is 0 Å². The van der Waals surface area contributed by atoms with Crippen LogP contribution in [0.3, 0.4) is 0 Å². The number of benzene rings is 1. The number of aromatic nitrogens is 5. The van der Waals surface area contributed by atoms with Crippen molar-refractivity contribution >= 4 is 17.1 Å². The number of rotatable bonds is 3. The summed E-state index contributed by atoms with van der Waals surface area (Å²) < 4.78 is 3.74. The Hall–Kier alpha value is -1.61. The minimum absolute atomic E-state index is 0. The second-order valence-corrected chi connectivity index (χ2v) is 6.76. The number of hydrogen-bond donors (Lipinski definition) is 0. The fourth-order valence-corrected chi connectivity index (χ4v) is 3.58. The van der Waals surface area contributed by atoms with Gasteiger partial charge in [0, 0.05) is 25.6 Å². The van der Waals surface area contributed by atoms with Crippen molar-refractivity contribution in [3.05, 3.63) is 67.1 Å². The maximum Gasteiger partial charge on any atom is 2.00 e. The largest absolute Gasteiger partial charge is 2.00 e. The second kappa shape index (κ2) is 12.4. The van der Waals surface area contributed by atoms with Crippen molar-refractivity contribution in [2.45, 2.75) is 46.5 Å². The molecule has 1 fully saturated rings. The molecule has 0 N–H and O–H groups in total. The smallest absolute Gasteiger partial charge is 0.358 e. The molecule has 31 heavy (non-hydrogen) atoms. The summed E-state index contributed by atoms with van der Waals surface area (Å²) >= 11 is 6.59. The van der Waals surface area contributed by atoms with Crippen molar-refractivity contribution in [1.29, 1.82) is 0 Å². The van der Waals surface area contributed by atoms with Crippen LogP contribution in [0.4, 0.5) is 0 Å². The van der Waals surface area contributed by atoms with Gasteiger partial charge < -0.3 is 12.0 Å². The summed E-state index contributed by atoms with van der Waals surface area (Å²) in [4.78, 5) is 8.85. The second-order valence-electron chi connectivity index (χ2n) is 6.40. The van der Waals surface area contributed by atoms with Gasteiger partial charge in [0.05, 0.1) is 0 Å². The van der Waals surface area contributed by atoms with Crippen LogP contribution in [-0.2, 0) is 7.05 Å². The quantitative estimate of drug-likeness (QED) is 0.232. The molecule has 3 heterocycles. The molecule has 0 bridgehead atoms. The van der Waals surface area contributed by atoms with Crippen LogP contribution in [-0.4, -0.2) is 24.1 Å². The number of aryl methyl sites for hydroxylation is 1. The summed E-state index contributed by atoms with van der Waals surface area (Å²) in [7, 11) is 1.92. The zero-order chi connectivity index (χ0) is 21.0. The van der Waals surface area contributed by atoms with Gasteiger partial charge in [0.2, 0.25) is 5.82 Å².